The van der Waals surface area contributed by atoms with Gasteiger partial charge in [0.15, 0.2) is 5.82 Å². The summed E-state index contributed by atoms with van der Waals surface area (Å²) in [7, 11) is 0. The molecule has 7 heteroatoms. The van der Waals surface area contributed by atoms with Crippen LogP contribution in [0.5, 0.6) is 0 Å². The van der Waals surface area contributed by atoms with Crippen LogP contribution < -0.4 is 5.32 Å². The second kappa shape index (κ2) is 6.52. The number of carbonyl (C=O) groups is 1. The standard InChI is InChI=1S/C17H12ClN5O/c1-11-14(10-21-23(11)16-4-2-3-7-20-16)17(24)22-13-6-5-12(9-19)15(18)8-13/h2-8,10H,1H3,(H,22,24). The van der Waals surface area contributed by atoms with Crippen LogP contribution in [0.15, 0.2) is 48.8 Å². The Kier molecular flexibility index (Phi) is 4.27. The zero-order chi connectivity index (χ0) is 17.1. The van der Waals surface area contributed by atoms with Crippen LogP contribution in [0.25, 0.3) is 5.82 Å². The van der Waals surface area contributed by atoms with Gasteiger partial charge >= 0.3 is 0 Å². The van der Waals surface area contributed by atoms with E-state index < -0.39 is 0 Å². The van der Waals surface area contributed by atoms with E-state index >= 15 is 0 Å². The Bertz CT molecular complexity index is 943. The first-order valence-electron chi connectivity index (χ1n) is 7.07. The Balaban J connectivity index is 1.85. The lowest BCUT2D eigenvalue weighted by atomic mass is 10.2. The van der Waals surface area contributed by atoms with Crippen molar-refractivity contribution in [3.8, 4) is 11.9 Å². The van der Waals surface area contributed by atoms with E-state index in [2.05, 4.69) is 15.4 Å². The number of aromatic nitrogens is 3. The third kappa shape index (κ3) is 2.98. The Hall–Kier alpha value is -3.17. The highest BCUT2D eigenvalue weighted by Crippen LogP contribution is 2.21. The van der Waals surface area contributed by atoms with Gasteiger partial charge in [0.05, 0.1) is 28.0 Å². The minimum absolute atomic E-state index is 0.288. The summed E-state index contributed by atoms with van der Waals surface area (Å²) in [5.41, 5.74) is 1.97. The smallest absolute Gasteiger partial charge is 0.259 e. The van der Waals surface area contributed by atoms with Crippen LogP contribution in [0.1, 0.15) is 21.6 Å². The van der Waals surface area contributed by atoms with Crippen LogP contribution in [0.2, 0.25) is 5.02 Å². The van der Waals surface area contributed by atoms with E-state index in [0.29, 0.717) is 28.3 Å². The fourth-order valence-electron chi connectivity index (χ4n) is 2.22. The summed E-state index contributed by atoms with van der Waals surface area (Å²) in [6.45, 7) is 1.79. The van der Waals surface area contributed by atoms with Crippen molar-refractivity contribution >= 4 is 23.2 Å². The molecule has 1 N–H and O–H groups in total. The van der Waals surface area contributed by atoms with Gasteiger partial charge in [0.2, 0.25) is 0 Å². The molecule has 118 valence electrons. The van der Waals surface area contributed by atoms with Crippen molar-refractivity contribution in [1.82, 2.24) is 14.8 Å². The van der Waals surface area contributed by atoms with E-state index in [1.807, 2.05) is 24.3 Å². The van der Waals surface area contributed by atoms with E-state index in [4.69, 9.17) is 16.9 Å². The number of anilines is 1. The van der Waals surface area contributed by atoms with Crippen molar-refractivity contribution in [3.63, 3.8) is 0 Å². The van der Waals surface area contributed by atoms with Crippen LogP contribution in [0, 0.1) is 18.3 Å². The monoisotopic (exact) mass is 337 g/mol. The highest BCUT2D eigenvalue weighted by Gasteiger charge is 2.16. The van der Waals surface area contributed by atoms with Crippen LogP contribution in [-0.4, -0.2) is 20.7 Å². The molecule has 0 saturated carbocycles. The van der Waals surface area contributed by atoms with E-state index in [9.17, 15) is 4.79 Å². The number of benzene rings is 1. The number of nitriles is 1. The van der Waals surface area contributed by atoms with Gasteiger partial charge in [-0.15, -0.1) is 0 Å². The molecule has 1 amide bonds. The molecule has 3 rings (SSSR count). The lowest BCUT2D eigenvalue weighted by Crippen LogP contribution is -2.13. The summed E-state index contributed by atoms with van der Waals surface area (Å²) in [6.07, 6.45) is 3.15. The molecule has 0 bridgehead atoms. The van der Waals surface area contributed by atoms with E-state index in [1.54, 1.807) is 29.9 Å². The third-order valence-corrected chi connectivity index (χ3v) is 3.78. The first-order chi connectivity index (χ1) is 11.6. The van der Waals surface area contributed by atoms with Crippen molar-refractivity contribution in [2.75, 3.05) is 5.32 Å². The maximum absolute atomic E-state index is 12.5. The van der Waals surface area contributed by atoms with Crippen LogP contribution in [0.3, 0.4) is 0 Å². The molecule has 0 spiro atoms. The van der Waals surface area contributed by atoms with E-state index in [0.717, 1.165) is 0 Å². The number of carbonyl (C=O) groups excluding carboxylic acids is 1. The molecule has 2 heterocycles. The molecule has 1 aromatic carbocycles. The van der Waals surface area contributed by atoms with E-state index in [-0.39, 0.29) is 10.9 Å². The largest absolute Gasteiger partial charge is 0.322 e. The predicted molar refractivity (Wildman–Crippen MR) is 90.2 cm³/mol. The van der Waals surface area contributed by atoms with Gasteiger partial charge in [-0.25, -0.2) is 9.67 Å². The number of amides is 1. The first-order valence-corrected chi connectivity index (χ1v) is 7.45. The molecule has 0 aliphatic carbocycles. The molecule has 0 fully saturated rings. The fourth-order valence-corrected chi connectivity index (χ4v) is 2.45. The minimum Gasteiger partial charge on any atom is -0.322 e. The molecular weight excluding hydrogens is 326 g/mol. The van der Waals surface area contributed by atoms with Crippen LogP contribution in [-0.2, 0) is 0 Å². The van der Waals surface area contributed by atoms with Gasteiger partial charge in [-0.2, -0.15) is 10.4 Å². The van der Waals surface area contributed by atoms with Gasteiger partial charge in [0.25, 0.3) is 5.91 Å². The van der Waals surface area contributed by atoms with E-state index in [1.165, 1.54) is 12.3 Å². The van der Waals surface area contributed by atoms with Crippen LogP contribution >= 0.6 is 11.6 Å². The summed E-state index contributed by atoms with van der Waals surface area (Å²) in [5, 5.41) is 16.1. The number of rotatable bonds is 3. The van der Waals surface area contributed by atoms with Gasteiger partial charge in [0, 0.05) is 11.9 Å². The molecule has 0 atom stereocenters. The average Bonchev–Trinajstić information content (AvgIpc) is 2.97. The molecule has 0 aliphatic rings. The van der Waals surface area contributed by atoms with Gasteiger partial charge in [-0.05, 0) is 37.3 Å². The summed E-state index contributed by atoms with van der Waals surface area (Å²) >= 11 is 5.98. The van der Waals surface area contributed by atoms with Crippen molar-refractivity contribution in [2.24, 2.45) is 0 Å². The molecule has 2 aromatic heterocycles. The number of nitrogens with one attached hydrogen (secondary N) is 1. The molecule has 0 unspecified atom stereocenters. The topological polar surface area (TPSA) is 83.6 Å². The van der Waals surface area contributed by atoms with Crippen molar-refractivity contribution in [2.45, 2.75) is 6.92 Å². The first kappa shape index (κ1) is 15.7. The van der Waals surface area contributed by atoms with Gasteiger partial charge in [-0.3, -0.25) is 4.79 Å². The molecule has 3 aromatic rings. The minimum atomic E-state index is -0.310. The Labute approximate surface area is 143 Å². The molecule has 24 heavy (non-hydrogen) atoms. The van der Waals surface area contributed by atoms with Gasteiger partial charge < -0.3 is 5.32 Å². The molecule has 6 nitrogen and oxygen atoms in total. The second-order valence-electron chi connectivity index (χ2n) is 5.00. The summed E-state index contributed by atoms with van der Waals surface area (Å²) in [5.74, 6) is 0.325. The lowest BCUT2D eigenvalue weighted by molar-refractivity contribution is 0.102. The Morgan fingerprint density at radius 2 is 2.17 bits per heavy atom. The van der Waals surface area contributed by atoms with Crippen LogP contribution in [0.4, 0.5) is 5.69 Å². The highest BCUT2D eigenvalue weighted by molar-refractivity contribution is 6.32. The SMILES string of the molecule is Cc1c(C(=O)Nc2ccc(C#N)c(Cl)c2)cnn1-c1ccccn1. The molecule has 0 saturated heterocycles. The van der Waals surface area contributed by atoms with Gasteiger partial charge in [-0.1, -0.05) is 17.7 Å². The van der Waals surface area contributed by atoms with Crippen molar-refractivity contribution in [1.29, 1.82) is 5.26 Å². The number of halogens is 1. The summed E-state index contributed by atoms with van der Waals surface area (Å²) < 4.78 is 1.60. The maximum atomic E-state index is 12.5. The number of hydrogen-bond acceptors (Lipinski definition) is 4. The quantitative estimate of drug-likeness (QED) is 0.794. The summed E-state index contributed by atoms with van der Waals surface area (Å²) in [4.78, 5) is 16.7. The lowest BCUT2D eigenvalue weighted by Gasteiger charge is -2.07. The molecule has 0 radical (unpaired) electrons. The number of pyridine rings is 1. The highest BCUT2D eigenvalue weighted by atomic mass is 35.5. The zero-order valence-electron chi connectivity index (χ0n) is 12.7. The summed E-state index contributed by atoms with van der Waals surface area (Å²) in [6, 6.07) is 12.2. The maximum Gasteiger partial charge on any atom is 0.259 e. The molecule has 0 aliphatic heterocycles. The average molecular weight is 338 g/mol. The Morgan fingerprint density at radius 1 is 1.33 bits per heavy atom. The predicted octanol–water partition coefficient (Wildman–Crippen LogP) is 3.35. The number of nitrogens with zero attached hydrogens (tertiary/aromatic N) is 4. The zero-order valence-corrected chi connectivity index (χ0v) is 13.4. The molecular formula is C17H12ClN5O. The Morgan fingerprint density at radius 3 is 2.83 bits per heavy atom. The van der Waals surface area contributed by atoms with Crippen molar-refractivity contribution < 1.29 is 4.79 Å². The fraction of sp³-hybridized carbons (Fsp3) is 0.0588. The third-order valence-electron chi connectivity index (χ3n) is 3.47. The normalized spacial score (nSPS) is 10.2. The number of hydrogen-bond donors (Lipinski definition) is 1. The second-order valence-corrected chi connectivity index (χ2v) is 5.41. The van der Waals surface area contributed by atoms with Crippen molar-refractivity contribution in [3.05, 3.63) is 70.6 Å². The van der Waals surface area contributed by atoms with Gasteiger partial charge in [0.1, 0.15) is 6.07 Å².